The van der Waals surface area contributed by atoms with E-state index in [-0.39, 0.29) is 25.0 Å². The summed E-state index contributed by atoms with van der Waals surface area (Å²) in [7, 11) is -0.660. The average molecular weight is 671 g/mol. The van der Waals surface area contributed by atoms with Crippen molar-refractivity contribution in [2.24, 2.45) is 0 Å². The summed E-state index contributed by atoms with van der Waals surface area (Å²) in [6, 6.07) is 32.4. The molecule has 3 aromatic carbocycles. The molecule has 0 unspecified atom stereocenters. The first-order valence-electron chi connectivity index (χ1n) is 17.0. The van der Waals surface area contributed by atoms with Gasteiger partial charge in [0.15, 0.2) is 0 Å². The molecule has 4 aliphatic rings. The molecule has 0 heterocycles. The van der Waals surface area contributed by atoms with Crippen LogP contribution in [0.15, 0.2) is 150 Å². The quantitative estimate of drug-likeness (QED) is 0.133. The van der Waals surface area contributed by atoms with Crippen molar-refractivity contribution in [2.45, 2.75) is 88.1 Å². The Bertz CT molecular complexity index is 1360. The maximum absolute atomic E-state index is 2.62. The van der Waals surface area contributed by atoms with Crippen molar-refractivity contribution >= 4 is 26.5 Å². The van der Waals surface area contributed by atoms with Crippen molar-refractivity contribution in [3.63, 3.8) is 0 Å². The molecular formula is C42H48FeP2. The van der Waals surface area contributed by atoms with Gasteiger partial charge in [0.2, 0.25) is 0 Å². The van der Waals surface area contributed by atoms with Crippen molar-refractivity contribution < 1.29 is 17.1 Å². The SMILES string of the molecule is C[C@@H](C1=CC=C/C1=C1/C=CC=C[C-]1P(c1ccccc1)c1ccccc1)P(C1CCCCC1)C1CCCCC1.[Fe+2].c1cc[cH-]c1. The van der Waals surface area contributed by atoms with Gasteiger partial charge in [-0.05, 0) is 53.3 Å². The van der Waals surface area contributed by atoms with E-state index in [9.17, 15) is 0 Å². The van der Waals surface area contributed by atoms with Gasteiger partial charge in [0, 0.05) is 0 Å². The third kappa shape index (κ3) is 8.56. The van der Waals surface area contributed by atoms with Crippen LogP contribution < -0.4 is 10.6 Å². The molecule has 0 aliphatic heterocycles. The molecule has 0 N–H and O–H groups in total. The van der Waals surface area contributed by atoms with Gasteiger partial charge in [-0.25, -0.2) is 12.1 Å². The summed E-state index contributed by atoms with van der Waals surface area (Å²) in [5.41, 5.74) is 8.67. The van der Waals surface area contributed by atoms with Crippen molar-refractivity contribution in [1.29, 1.82) is 0 Å². The zero-order valence-electron chi connectivity index (χ0n) is 26.8. The van der Waals surface area contributed by atoms with Gasteiger partial charge in [0.05, 0.1) is 0 Å². The molecule has 0 amide bonds. The predicted molar refractivity (Wildman–Crippen MR) is 197 cm³/mol. The Hall–Kier alpha value is -2.26. The minimum absolute atomic E-state index is 0. The summed E-state index contributed by atoms with van der Waals surface area (Å²) in [5.74, 6) is 0. The average Bonchev–Trinajstić information content (AvgIpc) is 3.84. The molecule has 7 rings (SSSR count). The van der Waals surface area contributed by atoms with Crippen LogP contribution in [0.2, 0.25) is 0 Å². The van der Waals surface area contributed by atoms with Crippen molar-refractivity contribution in [2.75, 3.05) is 0 Å². The van der Waals surface area contributed by atoms with E-state index in [4.69, 9.17) is 0 Å². The summed E-state index contributed by atoms with van der Waals surface area (Å²) in [4.78, 5) is 0. The summed E-state index contributed by atoms with van der Waals surface area (Å²) in [6.45, 7) is 2.62. The van der Waals surface area contributed by atoms with Crippen LogP contribution in [0.1, 0.15) is 71.1 Å². The molecule has 45 heavy (non-hydrogen) atoms. The Labute approximate surface area is 286 Å². The smallest absolute Gasteiger partial charge is 0.214 e. The van der Waals surface area contributed by atoms with Crippen LogP contribution in [0.4, 0.5) is 0 Å². The molecule has 0 aromatic heterocycles. The Morgan fingerprint density at radius 2 is 1.22 bits per heavy atom. The summed E-state index contributed by atoms with van der Waals surface area (Å²) < 4.78 is 0. The van der Waals surface area contributed by atoms with Crippen LogP contribution in [0.5, 0.6) is 0 Å². The summed E-state index contributed by atoms with van der Waals surface area (Å²) in [5, 5.41) is 2.86. The van der Waals surface area contributed by atoms with E-state index in [1.165, 1.54) is 91.6 Å². The minimum Gasteiger partial charge on any atom is -0.214 e. The number of benzene rings is 2. The van der Waals surface area contributed by atoms with Gasteiger partial charge in [-0.3, -0.25) is 0 Å². The second-order valence-electron chi connectivity index (χ2n) is 12.6. The molecule has 3 heteroatoms. The Kier molecular flexibility index (Phi) is 13.3. The summed E-state index contributed by atoms with van der Waals surface area (Å²) >= 11 is 0. The Balaban J connectivity index is 0.000000609. The second kappa shape index (κ2) is 17.6. The number of allylic oxidation sites excluding steroid dienone is 10. The third-order valence-corrected chi connectivity index (χ3v) is 16.2. The van der Waals surface area contributed by atoms with E-state index in [2.05, 4.69) is 110 Å². The van der Waals surface area contributed by atoms with E-state index < -0.39 is 7.92 Å². The Morgan fingerprint density at radius 1 is 0.667 bits per heavy atom. The maximum atomic E-state index is 2.62. The number of rotatable bonds is 7. The van der Waals surface area contributed by atoms with Crippen LogP contribution in [-0.2, 0) is 17.1 Å². The molecule has 234 valence electrons. The molecule has 0 bridgehead atoms. The molecule has 0 radical (unpaired) electrons. The van der Waals surface area contributed by atoms with Crippen molar-refractivity contribution in [3.05, 3.63) is 156 Å². The normalized spacial score (nSPS) is 21.0. The van der Waals surface area contributed by atoms with Gasteiger partial charge in [0.1, 0.15) is 0 Å². The largest absolute Gasteiger partial charge is 2.00 e. The fourth-order valence-electron chi connectivity index (χ4n) is 7.69. The fourth-order valence-corrected chi connectivity index (χ4v) is 14.5. The zero-order valence-corrected chi connectivity index (χ0v) is 29.6. The predicted octanol–water partition coefficient (Wildman–Crippen LogP) is 11.5. The van der Waals surface area contributed by atoms with E-state index in [0.717, 1.165) is 11.3 Å². The molecular weight excluding hydrogens is 622 g/mol. The van der Waals surface area contributed by atoms with E-state index in [1.54, 1.807) is 5.57 Å². The Morgan fingerprint density at radius 3 is 1.73 bits per heavy atom. The van der Waals surface area contributed by atoms with Crippen LogP contribution in [0.25, 0.3) is 0 Å². The zero-order chi connectivity index (χ0) is 30.0. The number of hydrogen-bond donors (Lipinski definition) is 0. The van der Waals surface area contributed by atoms with E-state index >= 15 is 0 Å². The molecule has 1 atom stereocenters. The van der Waals surface area contributed by atoms with Gasteiger partial charge >= 0.3 is 17.1 Å². The van der Waals surface area contributed by atoms with Gasteiger partial charge in [-0.1, -0.05) is 157 Å². The van der Waals surface area contributed by atoms with Crippen molar-refractivity contribution in [1.82, 2.24) is 0 Å². The standard InChI is InChI=1S/C37H43P2.C5H5.Fe/c1-29(38(30-17-6-2-7-18-30)31-19-8-3-9-20-31)34-26-16-27-35(34)36-25-14-15-28-37(36)39(32-21-10-4-11-22-32)33-23-12-5-13-24-33;1-2-4-5-3-1;/h4-5,10-16,21-31H,2-3,6-9,17-20H2,1H3;1-5H;/q2*-1;+2/b36-35+;;/t29-;;/m0../s1. The van der Waals surface area contributed by atoms with Crippen molar-refractivity contribution in [3.8, 4) is 0 Å². The van der Waals surface area contributed by atoms with Gasteiger partial charge < -0.3 is 0 Å². The molecule has 4 aliphatic carbocycles. The second-order valence-corrected chi connectivity index (χ2v) is 17.9. The molecule has 2 saturated carbocycles. The van der Waals surface area contributed by atoms with E-state index in [1.807, 2.05) is 30.3 Å². The molecule has 3 aromatic rings. The first-order valence-corrected chi connectivity index (χ1v) is 19.9. The number of hydrogen-bond acceptors (Lipinski definition) is 0. The first-order chi connectivity index (χ1) is 21.8. The minimum atomic E-state index is -0.637. The summed E-state index contributed by atoms with van der Waals surface area (Å²) in [6.07, 6.45) is 31.3. The van der Waals surface area contributed by atoms with Gasteiger partial charge in [0.25, 0.3) is 0 Å². The van der Waals surface area contributed by atoms with E-state index in [0.29, 0.717) is 5.66 Å². The molecule has 2 fully saturated rings. The third-order valence-electron chi connectivity index (χ3n) is 9.76. The topological polar surface area (TPSA) is 0 Å². The monoisotopic (exact) mass is 670 g/mol. The maximum Gasteiger partial charge on any atom is 2.00 e. The first kappa shape index (κ1) is 34.1. The van der Waals surface area contributed by atoms with Crippen LogP contribution in [0.3, 0.4) is 0 Å². The van der Waals surface area contributed by atoms with Gasteiger partial charge in [-0.15, -0.1) is 29.9 Å². The molecule has 0 nitrogen and oxygen atoms in total. The van der Waals surface area contributed by atoms with Crippen LogP contribution >= 0.6 is 15.8 Å². The van der Waals surface area contributed by atoms with Crippen LogP contribution in [0, 0.1) is 5.66 Å². The van der Waals surface area contributed by atoms with Gasteiger partial charge in [-0.2, -0.15) is 18.2 Å². The van der Waals surface area contributed by atoms with Crippen LogP contribution in [-0.4, -0.2) is 17.0 Å². The fraction of sp³-hybridized carbons (Fsp3) is 0.333. The molecule has 0 saturated heterocycles. The molecule has 0 spiro atoms.